The number of imidazole rings is 1. The summed E-state index contributed by atoms with van der Waals surface area (Å²) in [5.41, 5.74) is 3.18. The lowest BCUT2D eigenvalue weighted by Gasteiger charge is -2.13. The number of ether oxygens (including phenoxy) is 1. The number of halogens is 4. The first-order valence-corrected chi connectivity index (χ1v) is 10.6. The van der Waals surface area contributed by atoms with Crippen LogP contribution in [-0.4, -0.2) is 9.97 Å². The van der Waals surface area contributed by atoms with Crippen molar-refractivity contribution < 1.29 is 4.74 Å². The molecule has 0 bridgehead atoms. The predicted octanol–water partition coefficient (Wildman–Crippen LogP) is 7.82. The Hall–Kier alpha value is -2.68. The third-order valence-electron chi connectivity index (χ3n) is 4.49. The number of para-hydroxylation sites is 2. The Bertz CT molecular complexity index is 1320. The van der Waals surface area contributed by atoms with Gasteiger partial charge >= 0.3 is 0 Å². The Morgan fingerprint density at radius 3 is 2.52 bits per heavy atom. The van der Waals surface area contributed by atoms with Gasteiger partial charge < -0.3 is 9.72 Å². The lowest BCUT2D eigenvalue weighted by atomic mass is 10.1. The van der Waals surface area contributed by atoms with Gasteiger partial charge in [-0.05, 0) is 42.5 Å². The van der Waals surface area contributed by atoms with Gasteiger partial charge in [0.1, 0.15) is 24.3 Å². The van der Waals surface area contributed by atoms with Crippen molar-refractivity contribution in [3.05, 3.63) is 91.6 Å². The van der Waals surface area contributed by atoms with Gasteiger partial charge in [-0.2, -0.15) is 5.26 Å². The first-order valence-electron chi connectivity index (χ1n) is 9.07. The second-order valence-corrected chi connectivity index (χ2v) is 8.29. The number of allylic oxidation sites excluding steroid dienone is 1. The van der Waals surface area contributed by atoms with Crippen molar-refractivity contribution in [1.29, 1.82) is 5.26 Å². The molecule has 1 heterocycles. The van der Waals surface area contributed by atoms with Crippen LogP contribution >= 0.6 is 46.4 Å². The molecular weight excluding hydrogens is 476 g/mol. The molecule has 0 atom stereocenters. The molecule has 4 nitrogen and oxygen atoms in total. The number of aromatic amines is 1. The van der Waals surface area contributed by atoms with Crippen molar-refractivity contribution in [2.75, 3.05) is 0 Å². The van der Waals surface area contributed by atoms with Gasteiger partial charge in [-0.25, -0.2) is 4.98 Å². The van der Waals surface area contributed by atoms with Crippen LogP contribution in [0.3, 0.4) is 0 Å². The average Bonchev–Trinajstić information content (AvgIpc) is 3.16. The highest BCUT2D eigenvalue weighted by atomic mass is 35.5. The van der Waals surface area contributed by atoms with Crippen LogP contribution in [-0.2, 0) is 6.61 Å². The molecule has 0 unspecified atom stereocenters. The number of fused-ring (bicyclic) bond motifs is 1. The molecule has 0 amide bonds. The van der Waals surface area contributed by atoms with E-state index in [0.717, 1.165) is 16.6 Å². The van der Waals surface area contributed by atoms with Crippen LogP contribution in [0.4, 0.5) is 0 Å². The highest BCUT2D eigenvalue weighted by Gasteiger charge is 2.14. The van der Waals surface area contributed by atoms with Crippen LogP contribution in [0.25, 0.3) is 22.7 Å². The summed E-state index contributed by atoms with van der Waals surface area (Å²) in [6.45, 7) is 0.157. The summed E-state index contributed by atoms with van der Waals surface area (Å²) in [6, 6.07) is 18.1. The molecule has 0 aliphatic rings. The van der Waals surface area contributed by atoms with Gasteiger partial charge in [0.15, 0.2) is 0 Å². The molecule has 0 aliphatic carbocycles. The van der Waals surface area contributed by atoms with E-state index < -0.39 is 0 Å². The molecule has 0 aliphatic heterocycles. The van der Waals surface area contributed by atoms with Crippen molar-refractivity contribution in [1.82, 2.24) is 9.97 Å². The minimum absolute atomic E-state index is 0.157. The second-order valence-electron chi connectivity index (χ2n) is 6.60. The van der Waals surface area contributed by atoms with E-state index in [-0.39, 0.29) is 6.61 Å². The lowest BCUT2D eigenvalue weighted by Crippen LogP contribution is -1.99. The Kier molecular flexibility index (Phi) is 6.41. The Morgan fingerprint density at radius 2 is 1.77 bits per heavy atom. The number of nitrogens with one attached hydrogen (secondary N) is 1. The van der Waals surface area contributed by atoms with E-state index in [1.807, 2.05) is 24.3 Å². The lowest BCUT2D eigenvalue weighted by molar-refractivity contribution is 0.306. The smallest absolute Gasteiger partial charge is 0.149 e. The van der Waals surface area contributed by atoms with Crippen molar-refractivity contribution >= 4 is 69.1 Å². The number of benzene rings is 3. The zero-order valence-corrected chi connectivity index (χ0v) is 18.8. The first kappa shape index (κ1) is 21.5. The zero-order valence-electron chi connectivity index (χ0n) is 15.8. The van der Waals surface area contributed by atoms with E-state index in [1.54, 1.807) is 36.4 Å². The SMILES string of the molecule is N#CC(=Cc1cc(Cl)cc(Cl)c1OCc1ccc(Cl)cc1Cl)c1nc2ccccc2[nH]1. The molecule has 1 aromatic heterocycles. The maximum absolute atomic E-state index is 9.75. The van der Waals surface area contributed by atoms with E-state index >= 15 is 0 Å². The fraction of sp³-hybridized carbons (Fsp3) is 0.0435. The monoisotopic (exact) mass is 487 g/mol. The van der Waals surface area contributed by atoms with Crippen molar-refractivity contribution in [3.8, 4) is 11.8 Å². The van der Waals surface area contributed by atoms with Crippen LogP contribution in [0.1, 0.15) is 17.0 Å². The quantitative estimate of drug-likeness (QED) is 0.291. The first-order chi connectivity index (χ1) is 14.9. The summed E-state index contributed by atoms with van der Waals surface area (Å²) in [4.78, 5) is 7.63. The number of aromatic nitrogens is 2. The Morgan fingerprint density at radius 1 is 1.00 bits per heavy atom. The topological polar surface area (TPSA) is 61.7 Å². The minimum atomic E-state index is 0.157. The normalized spacial score (nSPS) is 11.5. The molecule has 4 rings (SSSR count). The van der Waals surface area contributed by atoms with Crippen LogP contribution < -0.4 is 4.74 Å². The van der Waals surface area contributed by atoms with Crippen LogP contribution in [0.15, 0.2) is 54.6 Å². The molecule has 31 heavy (non-hydrogen) atoms. The number of hydrogen-bond donors (Lipinski definition) is 1. The molecule has 0 saturated carbocycles. The highest BCUT2D eigenvalue weighted by molar-refractivity contribution is 6.36. The molecule has 8 heteroatoms. The third kappa shape index (κ3) is 4.81. The summed E-state index contributed by atoms with van der Waals surface area (Å²) < 4.78 is 5.97. The Labute approximate surface area is 198 Å². The molecule has 0 spiro atoms. The molecule has 1 N–H and O–H groups in total. The van der Waals surface area contributed by atoms with E-state index in [0.29, 0.717) is 42.8 Å². The van der Waals surface area contributed by atoms with Crippen LogP contribution in [0.2, 0.25) is 20.1 Å². The van der Waals surface area contributed by atoms with Gasteiger partial charge in [-0.1, -0.05) is 64.6 Å². The maximum Gasteiger partial charge on any atom is 0.149 e. The fourth-order valence-electron chi connectivity index (χ4n) is 3.02. The summed E-state index contributed by atoms with van der Waals surface area (Å²) in [5.74, 6) is 0.812. The highest BCUT2D eigenvalue weighted by Crippen LogP contribution is 2.36. The van der Waals surface area contributed by atoms with Gasteiger partial charge in [-0.15, -0.1) is 0 Å². The molecule has 0 radical (unpaired) electrons. The molecule has 154 valence electrons. The van der Waals surface area contributed by atoms with Crippen molar-refractivity contribution in [2.45, 2.75) is 6.61 Å². The summed E-state index contributed by atoms with van der Waals surface area (Å²) in [5, 5.41) is 11.5. The predicted molar refractivity (Wildman–Crippen MR) is 127 cm³/mol. The van der Waals surface area contributed by atoms with Gasteiger partial charge in [0.2, 0.25) is 0 Å². The second kappa shape index (κ2) is 9.21. The molecular formula is C23H13Cl4N3O. The van der Waals surface area contributed by atoms with Crippen molar-refractivity contribution in [3.63, 3.8) is 0 Å². The number of nitriles is 1. The third-order valence-corrected chi connectivity index (χ3v) is 5.57. The van der Waals surface area contributed by atoms with Gasteiger partial charge in [0, 0.05) is 26.2 Å². The largest absolute Gasteiger partial charge is 0.487 e. The zero-order chi connectivity index (χ0) is 22.0. The number of nitrogens with zero attached hydrogens (tertiary/aromatic N) is 2. The van der Waals surface area contributed by atoms with Gasteiger partial charge in [-0.3, -0.25) is 0 Å². The van der Waals surface area contributed by atoms with Gasteiger partial charge in [0.25, 0.3) is 0 Å². The minimum Gasteiger partial charge on any atom is -0.487 e. The molecule has 0 saturated heterocycles. The van der Waals surface area contributed by atoms with E-state index in [4.69, 9.17) is 51.1 Å². The summed E-state index contributed by atoms with van der Waals surface area (Å²) in [6.07, 6.45) is 1.63. The summed E-state index contributed by atoms with van der Waals surface area (Å²) in [7, 11) is 0. The fourth-order valence-corrected chi connectivity index (χ4v) is 4.04. The summed E-state index contributed by atoms with van der Waals surface area (Å²) >= 11 is 24.8. The van der Waals surface area contributed by atoms with Crippen molar-refractivity contribution in [2.24, 2.45) is 0 Å². The van der Waals surface area contributed by atoms with E-state index in [1.165, 1.54) is 0 Å². The number of hydrogen-bond acceptors (Lipinski definition) is 3. The number of H-pyrrole nitrogens is 1. The van der Waals surface area contributed by atoms with Gasteiger partial charge in [0.05, 0.1) is 21.6 Å². The van der Waals surface area contributed by atoms with Crippen LogP contribution in [0, 0.1) is 11.3 Å². The average molecular weight is 489 g/mol. The molecule has 3 aromatic carbocycles. The maximum atomic E-state index is 9.75. The molecule has 0 fully saturated rings. The Balaban J connectivity index is 1.72. The molecule has 4 aromatic rings. The van der Waals surface area contributed by atoms with E-state index in [2.05, 4.69) is 16.0 Å². The number of rotatable bonds is 5. The van der Waals surface area contributed by atoms with Crippen LogP contribution in [0.5, 0.6) is 5.75 Å². The van der Waals surface area contributed by atoms with E-state index in [9.17, 15) is 5.26 Å². The standard InChI is InChI=1S/C23H13Cl4N3O/c24-16-6-5-13(18(26)9-16)12-31-22-14(8-17(25)10-19(22)27)7-15(11-28)23-29-20-3-1-2-4-21(20)30-23/h1-10H,12H2,(H,29,30).